The molecule has 3 heterocycles. The molecule has 1 amide bonds. The number of nitrogens with one attached hydrogen (secondary N) is 1. The third-order valence-corrected chi connectivity index (χ3v) is 6.38. The number of carbonyl (C=O) groups excluding carboxylic acids is 1. The Morgan fingerprint density at radius 1 is 1.21 bits per heavy atom. The molecule has 24 heavy (non-hydrogen) atoms. The maximum Gasteiger partial charge on any atom is 0.345 e. The van der Waals surface area contributed by atoms with Crippen molar-refractivity contribution in [2.45, 2.75) is 57.5 Å². The van der Waals surface area contributed by atoms with Crippen molar-refractivity contribution in [1.82, 2.24) is 10.2 Å². The molecule has 2 N–H and O–H groups in total. The van der Waals surface area contributed by atoms with Crippen LogP contribution in [-0.2, 0) is 11.3 Å². The number of hydrogen-bond acceptors (Lipinski definition) is 4. The number of carboxylic acid groups (broad SMARTS) is 1. The standard InChI is InChI=1S/C18H26N2O3S/c21-17(19-12-14-7-8-16(24-14)18(22)23)9-6-13-4-3-11-20-10-2-1-5-15(13)20/h7-8,13,15H,1-6,9-12H2,(H,19,21)(H,22,23)/t13-,15+/m0/s1. The number of carboxylic acids is 1. The first-order valence-electron chi connectivity index (χ1n) is 8.96. The lowest BCUT2D eigenvalue weighted by molar-refractivity contribution is -0.121. The van der Waals surface area contributed by atoms with Gasteiger partial charge in [0.1, 0.15) is 4.88 Å². The summed E-state index contributed by atoms with van der Waals surface area (Å²) in [5, 5.41) is 11.8. The number of aromatic carboxylic acids is 1. The van der Waals surface area contributed by atoms with E-state index >= 15 is 0 Å². The average molecular weight is 350 g/mol. The van der Waals surface area contributed by atoms with Crippen LogP contribution in [0.2, 0.25) is 0 Å². The summed E-state index contributed by atoms with van der Waals surface area (Å²) < 4.78 is 0. The summed E-state index contributed by atoms with van der Waals surface area (Å²) in [6.07, 6.45) is 8.00. The Kier molecular flexibility index (Phi) is 5.89. The predicted octanol–water partition coefficient (Wildman–Crippen LogP) is 3.11. The van der Waals surface area contributed by atoms with Crippen LogP contribution in [0.5, 0.6) is 0 Å². The van der Waals surface area contributed by atoms with Crippen LogP contribution in [0.4, 0.5) is 0 Å². The van der Waals surface area contributed by atoms with Gasteiger partial charge in [0.2, 0.25) is 5.91 Å². The first kappa shape index (κ1) is 17.4. The van der Waals surface area contributed by atoms with Gasteiger partial charge >= 0.3 is 5.97 Å². The van der Waals surface area contributed by atoms with Crippen molar-refractivity contribution < 1.29 is 14.7 Å². The van der Waals surface area contributed by atoms with Crippen LogP contribution in [0.15, 0.2) is 12.1 Å². The Labute approximate surface area is 147 Å². The number of amides is 1. The molecular formula is C18H26N2O3S. The van der Waals surface area contributed by atoms with Crippen LogP contribution in [0.1, 0.15) is 59.5 Å². The summed E-state index contributed by atoms with van der Waals surface area (Å²) in [4.78, 5) is 26.8. The van der Waals surface area contributed by atoms with Gasteiger partial charge in [-0.15, -0.1) is 11.3 Å². The number of carbonyl (C=O) groups is 2. The number of piperidine rings is 2. The van der Waals surface area contributed by atoms with E-state index in [1.165, 1.54) is 56.5 Å². The van der Waals surface area contributed by atoms with E-state index in [2.05, 4.69) is 10.2 Å². The van der Waals surface area contributed by atoms with E-state index in [9.17, 15) is 9.59 Å². The third kappa shape index (κ3) is 4.36. The molecular weight excluding hydrogens is 324 g/mol. The van der Waals surface area contributed by atoms with E-state index in [4.69, 9.17) is 5.11 Å². The van der Waals surface area contributed by atoms with Gasteiger partial charge in [0.15, 0.2) is 0 Å². The molecule has 5 nitrogen and oxygen atoms in total. The number of thiophene rings is 1. The average Bonchev–Trinajstić information content (AvgIpc) is 3.07. The smallest absolute Gasteiger partial charge is 0.345 e. The van der Waals surface area contributed by atoms with Gasteiger partial charge in [0.25, 0.3) is 0 Å². The van der Waals surface area contributed by atoms with Crippen LogP contribution in [0.3, 0.4) is 0 Å². The highest BCUT2D eigenvalue weighted by Crippen LogP contribution is 2.33. The van der Waals surface area contributed by atoms with Gasteiger partial charge < -0.3 is 15.3 Å². The van der Waals surface area contributed by atoms with E-state index in [-0.39, 0.29) is 5.91 Å². The fourth-order valence-electron chi connectivity index (χ4n) is 4.09. The molecule has 2 fully saturated rings. The molecule has 2 atom stereocenters. The Bertz CT molecular complexity index is 585. The Hall–Kier alpha value is -1.40. The zero-order valence-corrected chi connectivity index (χ0v) is 14.8. The lowest BCUT2D eigenvalue weighted by Gasteiger charge is -2.44. The second kappa shape index (κ2) is 8.12. The van der Waals surface area contributed by atoms with Crippen LogP contribution >= 0.6 is 11.3 Å². The monoisotopic (exact) mass is 350 g/mol. The predicted molar refractivity (Wildman–Crippen MR) is 94.3 cm³/mol. The zero-order chi connectivity index (χ0) is 16.9. The SMILES string of the molecule is O=C(CC[C@@H]1CCCN2CCCC[C@H]12)NCc1ccc(C(=O)O)s1. The second-order valence-electron chi connectivity index (χ2n) is 6.89. The molecule has 3 rings (SSSR count). The van der Waals surface area contributed by atoms with Gasteiger partial charge in [0, 0.05) is 17.3 Å². The van der Waals surface area contributed by atoms with Crippen molar-refractivity contribution in [3.8, 4) is 0 Å². The van der Waals surface area contributed by atoms with Gasteiger partial charge in [-0.05, 0) is 63.2 Å². The fraction of sp³-hybridized carbons (Fsp3) is 0.667. The Morgan fingerprint density at radius 3 is 2.83 bits per heavy atom. The molecule has 0 saturated carbocycles. The highest BCUT2D eigenvalue weighted by atomic mass is 32.1. The highest BCUT2D eigenvalue weighted by molar-refractivity contribution is 7.13. The van der Waals surface area contributed by atoms with Crippen LogP contribution < -0.4 is 5.32 Å². The van der Waals surface area contributed by atoms with E-state index in [0.717, 1.165) is 11.3 Å². The maximum absolute atomic E-state index is 12.1. The van der Waals surface area contributed by atoms with E-state index < -0.39 is 5.97 Å². The van der Waals surface area contributed by atoms with Crippen molar-refractivity contribution in [3.63, 3.8) is 0 Å². The van der Waals surface area contributed by atoms with Gasteiger partial charge in [-0.3, -0.25) is 4.79 Å². The molecule has 132 valence electrons. The van der Waals surface area contributed by atoms with Crippen molar-refractivity contribution >= 4 is 23.2 Å². The molecule has 0 unspecified atom stereocenters. The molecule has 1 aromatic heterocycles. The molecule has 1 aromatic rings. The summed E-state index contributed by atoms with van der Waals surface area (Å²) >= 11 is 1.22. The Balaban J connectivity index is 1.42. The first-order chi connectivity index (χ1) is 11.6. The molecule has 2 saturated heterocycles. The largest absolute Gasteiger partial charge is 0.477 e. The minimum atomic E-state index is -0.910. The molecule has 0 radical (unpaired) electrons. The number of hydrogen-bond donors (Lipinski definition) is 2. The molecule has 0 aliphatic carbocycles. The molecule has 2 aliphatic rings. The second-order valence-corrected chi connectivity index (χ2v) is 8.06. The summed E-state index contributed by atoms with van der Waals surface area (Å²) in [6, 6.07) is 4.06. The summed E-state index contributed by atoms with van der Waals surface area (Å²) in [5.74, 6) is -0.176. The minimum absolute atomic E-state index is 0.0770. The normalized spacial score (nSPS) is 24.3. The fourth-order valence-corrected chi connectivity index (χ4v) is 4.88. The van der Waals surface area contributed by atoms with E-state index in [1.807, 2.05) is 0 Å². The lowest BCUT2D eigenvalue weighted by atomic mass is 9.81. The number of nitrogens with zero attached hydrogens (tertiary/aromatic N) is 1. The highest BCUT2D eigenvalue weighted by Gasteiger charge is 2.32. The molecule has 0 aromatic carbocycles. The number of fused-ring (bicyclic) bond motifs is 1. The quantitative estimate of drug-likeness (QED) is 0.827. The maximum atomic E-state index is 12.1. The molecule has 2 aliphatic heterocycles. The zero-order valence-electron chi connectivity index (χ0n) is 14.0. The van der Waals surface area contributed by atoms with Crippen molar-refractivity contribution in [1.29, 1.82) is 0 Å². The van der Waals surface area contributed by atoms with Gasteiger partial charge in [-0.2, -0.15) is 0 Å². The van der Waals surface area contributed by atoms with Crippen molar-refractivity contribution in [2.24, 2.45) is 5.92 Å². The Morgan fingerprint density at radius 2 is 2.04 bits per heavy atom. The van der Waals surface area contributed by atoms with Crippen LogP contribution in [0, 0.1) is 5.92 Å². The van der Waals surface area contributed by atoms with E-state index in [0.29, 0.717) is 29.8 Å². The van der Waals surface area contributed by atoms with Gasteiger partial charge in [-0.25, -0.2) is 4.79 Å². The van der Waals surface area contributed by atoms with Crippen molar-refractivity contribution in [2.75, 3.05) is 13.1 Å². The summed E-state index contributed by atoms with van der Waals surface area (Å²) in [5.41, 5.74) is 0. The molecule has 0 spiro atoms. The minimum Gasteiger partial charge on any atom is -0.477 e. The summed E-state index contributed by atoms with van der Waals surface area (Å²) in [7, 11) is 0. The first-order valence-corrected chi connectivity index (χ1v) is 9.78. The van der Waals surface area contributed by atoms with Crippen molar-refractivity contribution in [3.05, 3.63) is 21.9 Å². The molecule has 6 heteroatoms. The van der Waals surface area contributed by atoms with Gasteiger partial charge in [0.05, 0.1) is 6.54 Å². The number of rotatable bonds is 6. The van der Waals surface area contributed by atoms with E-state index in [1.54, 1.807) is 12.1 Å². The third-order valence-electron chi connectivity index (χ3n) is 5.30. The molecule has 0 bridgehead atoms. The lowest BCUT2D eigenvalue weighted by Crippen LogP contribution is -2.48. The topological polar surface area (TPSA) is 69.6 Å². The van der Waals surface area contributed by atoms with Gasteiger partial charge in [-0.1, -0.05) is 6.42 Å². The van der Waals surface area contributed by atoms with Crippen LogP contribution in [0.25, 0.3) is 0 Å². The summed E-state index contributed by atoms with van der Waals surface area (Å²) in [6.45, 7) is 2.90. The van der Waals surface area contributed by atoms with Crippen LogP contribution in [-0.4, -0.2) is 41.0 Å².